The van der Waals surface area contributed by atoms with Crippen LogP contribution in [0.15, 0.2) is 48.5 Å². The summed E-state index contributed by atoms with van der Waals surface area (Å²) in [5.41, 5.74) is 5.00. The van der Waals surface area contributed by atoms with Crippen molar-refractivity contribution in [1.82, 2.24) is 10.2 Å². The number of carbonyl (C=O) groups excluding carboxylic acids is 1. The molecule has 1 aliphatic rings. The summed E-state index contributed by atoms with van der Waals surface area (Å²) in [7, 11) is 0. The molecule has 1 heterocycles. The lowest BCUT2D eigenvalue weighted by Gasteiger charge is -2.36. The molecule has 4 heteroatoms. The van der Waals surface area contributed by atoms with E-state index in [-0.39, 0.29) is 5.91 Å². The van der Waals surface area contributed by atoms with E-state index in [1.165, 1.54) is 22.4 Å². The third-order valence-corrected chi connectivity index (χ3v) is 4.73. The Bertz CT molecular complexity index is 703. The molecule has 0 spiro atoms. The van der Waals surface area contributed by atoms with E-state index in [2.05, 4.69) is 72.6 Å². The lowest BCUT2D eigenvalue weighted by atomic mass is 10.1. The molecule has 1 saturated heterocycles. The van der Waals surface area contributed by atoms with Crippen molar-refractivity contribution in [1.29, 1.82) is 0 Å². The van der Waals surface area contributed by atoms with Gasteiger partial charge in [0.05, 0.1) is 6.54 Å². The Hall–Kier alpha value is -2.33. The summed E-state index contributed by atoms with van der Waals surface area (Å²) in [4.78, 5) is 16.7. The third kappa shape index (κ3) is 4.83. The number of benzene rings is 2. The maximum absolute atomic E-state index is 12.4. The van der Waals surface area contributed by atoms with Gasteiger partial charge >= 0.3 is 0 Å². The van der Waals surface area contributed by atoms with Gasteiger partial charge in [-0.2, -0.15) is 0 Å². The summed E-state index contributed by atoms with van der Waals surface area (Å²) in [5.74, 6) is 0.191. The number of carbonyl (C=O) groups is 1. The molecular formula is C21H27N3O. The molecule has 0 aromatic heterocycles. The number of nitrogens with zero attached hydrogens (tertiary/aromatic N) is 2. The van der Waals surface area contributed by atoms with Gasteiger partial charge in [-0.25, -0.2) is 0 Å². The molecule has 1 amide bonds. The van der Waals surface area contributed by atoms with E-state index in [0.717, 1.165) is 32.7 Å². The van der Waals surface area contributed by atoms with E-state index in [1.807, 2.05) is 4.90 Å². The smallest absolute Gasteiger partial charge is 0.236 e. The first-order valence-electron chi connectivity index (χ1n) is 8.97. The van der Waals surface area contributed by atoms with Crippen LogP contribution in [0.25, 0.3) is 0 Å². The summed E-state index contributed by atoms with van der Waals surface area (Å²) < 4.78 is 0. The Morgan fingerprint density at radius 2 is 1.68 bits per heavy atom. The molecule has 0 atom stereocenters. The molecule has 2 aromatic rings. The van der Waals surface area contributed by atoms with Gasteiger partial charge in [0.25, 0.3) is 0 Å². The molecule has 1 aliphatic heterocycles. The zero-order valence-corrected chi connectivity index (χ0v) is 15.2. The molecule has 2 aromatic carbocycles. The van der Waals surface area contributed by atoms with Crippen LogP contribution in [-0.4, -0.2) is 43.5 Å². The van der Waals surface area contributed by atoms with Crippen LogP contribution in [0.1, 0.15) is 16.7 Å². The Balaban J connectivity index is 1.43. The van der Waals surface area contributed by atoms with Gasteiger partial charge in [-0.1, -0.05) is 42.0 Å². The van der Waals surface area contributed by atoms with Gasteiger partial charge in [0.1, 0.15) is 0 Å². The van der Waals surface area contributed by atoms with E-state index < -0.39 is 0 Å². The van der Waals surface area contributed by atoms with Crippen LogP contribution in [0.3, 0.4) is 0 Å². The van der Waals surface area contributed by atoms with E-state index in [9.17, 15) is 4.79 Å². The first kappa shape index (κ1) is 17.5. The van der Waals surface area contributed by atoms with Gasteiger partial charge in [0, 0.05) is 38.4 Å². The first-order valence-corrected chi connectivity index (χ1v) is 8.97. The molecular weight excluding hydrogens is 310 g/mol. The highest BCUT2D eigenvalue weighted by Crippen LogP contribution is 2.17. The fraction of sp³-hybridized carbons (Fsp3) is 0.381. The minimum atomic E-state index is 0.191. The van der Waals surface area contributed by atoms with Gasteiger partial charge in [-0.05, 0) is 37.1 Å². The fourth-order valence-electron chi connectivity index (χ4n) is 3.17. The second-order valence-electron chi connectivity index (χ2n) is 6.80. The van der Waals surface area contributed by atoms with Crippen molar-refractivity contribution < 1.29 is 4.79 Å². The summed E-state index contributed by atoms with van der Waals surface area (Å²) >= 11 is 0. The summed E-state index contributed by atoms with van der Waals surface area (Å²) in [5, 5.41) is 3.26. The van der Waals surface area contributed by atoms with Crippen molar-refractivity contribution in [3.8, 4) is 0 Å². The molecule has 4 nitrogen and oxygen atoms in total. The van der Waals surface area contributed by atoms with Gasteiger partial charge in [-0.15, -0.1) is 0 Å². The van der Waals surface area contributed by atoms with Crippen LogP contribution in [0, 0.1) is 13.8 Å². The number of amides is 1. The Morgan fingerprint density at radius 1 is 0.960 bits per heavy atom. The average molecular weight is 337 g/mol. The highest BCUT2D eigenvalue weighted by atomic mass is 16.2. The van der Waals surface area contributed by atoms with Crippen molar-refractivity contribution in [2.45, 2.75) is 20.4 Å². The lowest BCUT2D eigenvalue weighted by molar-refractivity contribution is -0.130. The number of rotatable bonds is 5. The molecule has 0 radical (unpaired) electrons. The largest absolute Gasteiger partial charge is 0.368 e. The van der Waals surface area contributed by atoms with Crippen molar-refractivity contribution in [3.63, 3.8) is 0 Å². The van der Waals surface area contributed by atoms with Crippen LogP contribution < -0.4 is 10.2 Å². The molecule has 0 saturated carbocycles. The van der Waals surface area contributed by atoms with E-state index >= 15 is 0 Å². The number of hydrogen-bond donors (Lipinski definition) is 1. The summed E-state index contributed by atoms with van der Waals surface area (Å²) in [6.45, 7) is 8.70. The van der Waals surface area contributed by atoms with Crippen LogP contribution in [0.2, 0.25) is 0 Å². The Kier molecular flexibility index (Phi) is 5.71. The van der Waals surface area contributed by atoms with Crippen LogP contribution in [0.5, 0.6) is 0 Å². The monoisotopic (exact) mass is 337 g/mol. The Labute approximate surface area is 150 Å². The quantitative estimate of drug-likeness (QED) is 0.911. The number of hydrogen-bond acceptors (Lipinski definition) is 3. The van der Waals surface area contributed by atoms with Crippen molar-refractivity contribution >= 4 is 11.6 Å². The highest BCUT2D eigenvalue weighted by molar-refractivity contribution is 5.78. The lowest BCUT2D eigenvalue weighted by Crippen LogP contribution is -2.50. The van der Waals surface area contributed by atoms with E-state index in [4.69, 9.17) is 0 Å². The molecule has 1 N–H and O–H groups in total. The average Bonchev–Trinajstić information content (AvgIpc) is 2.63. The van der Waals surface area contributed by atoms with Gasteiger partial charge < -0.3 is 15.1 Å². The molecule has 0 bridgehead atoms. The molecule has 1 fully saturated rings. The van der Waals surface area contributed by atoms with Gasteiger partial charge in [0.2, 0.25) is 5.91 Å². The normalized spacial score (nSPS) is 14.6. The zero-order chi connectivity index (χ0) is 17.6. The predicted molar refractivity (Wildman–Crippen MR) is 103 cm³/mol. The minimum Gasteiger partial charge on any atom is -0.368 e. The van der Waals surface area contributed by atoms with Crippen molar-refractivity contribution in [3.05, 3.63) is 65.2 Å². The van der Waals surface area contributed by atoms with Gasteiger partial charge in [0.15, 0.2) is 0 Å². The first-order chi connectivity index (χ1) is 12.1. The number of aryl methyl sites for hydroxylation is 2. The zero-order valence-electron chi connectivity index (χ0n) is 15.2. The van der Waals surface area contributed by atoms with Crippen LogP contribution >= 0.6 is 0 Å². The second-order valence-corrected chi connectivity index (χ2v) is 6.80. The van der Waals surface area contributed by atoms with Crippen molar-refractivity contribution in [2.75, 3.05) is 37.6 Å². The number of nitrogens with one attached hydrogen (secondary N) is 1. The molecule has 3 rings (SSSR count). The minimum absolute atomic E-state index is 0.191. The standard InChI is InChI=1S/C21H27N3O/c1-17-6-8-19(9-7-17)15-22-16-21(25)24-12-10-23(11-13-24)20-5-3-4-18(2)14-20/h3-9,14,22H,10-13,15-16H2,1-2H3. The van der Waals surface area contributed by atoms with E-state index in [1.54, 1.807) is 0 Å². The molecule has 0 unspecified atom stereocenters. The predicted octanol–water partition coefficient (Wildman–Crippen LogP) is 2.74. The topological polar surface area (TPSA) is 35.6 Å². The second kappa shape index (κ2) is 8.17. The van der Waals surface area contributed by atoms with Crippen LogP contribution in [0.4, 0.5) is 5.69 Å². The summed E-state index contributed by atoms with van der Waals surface area (Å²) in [6, 6.07) is 17.0. The number of piperazine rings is 1. The SMILES string of the molecule is Cc1ccc(CNCC(=O)N2CCN(c3cccc(C)c3)CC2)cc1. The van der Waals surface area contributed by atoms with E-state index in [0.29, 0.717) is 6.54 Å². The Morgan fingerprint density at radius 3 is 2.36 bits per heavy atom. The molecule has 132 valence electrons. The maximum atomic E-state index is 12.4. The maximum Gasteiger partial charge on any atom is 0.236 e. The highest BCUT2D eigenvalue weighted by Gasteiger charge is 2.20. The van der Waals surface area contributed by atoms with Crippen molar-refractivity contribution in [2.24, 2.45) is 0 Å². The summed E-state index contributed by atoms with van der Waals surface area (Å²) in [6.07, 6.45) is 0. The molecule has 25 heavy (non-hydrogen) atoms. The molecule has 0 aliphatic carbocycles. The van der Waals surface area contributed by atoms with Gasteiger partial charge in [-0.3, -0.25) is 4.79 Å². The number of anilines is 1. The fourth-order valence-corrected chi connectivity index (χ4v) is 3.17. The third-order valence-electron chi connectivity index (χ3n) is 4.73. The van der Waals surface area contributed by atoms with Crippen LogP contribution in [-0.2, 0) is 11.3 Å².